The Balaban J connectivity index is 1.83. The second kappa shape index (κ2) is 9.66. The van der Waals surface area contributed by atoms with Gasteiger partial charge >= 0.3 is 7.59 Å². The van der Waals surface area contributed by atoms with Crippen molar-refractivity contribution >= 4 is 13.5 Å². The highest BCUT2D eigenvalue weighted by atomic mass is 31.2. The zero-order valence-corrected chi connectivity index (χ0v) is 17.5. The summed E-state index contributed by atoms with van der Waals surface area (Å²) in [6.45, 7) is 3.84. The lowest BCUT2D eigenvalue weighted by molar-refractivity contribution is 0.0979. The lowest BCUT2D eigenvalue weighted by atomic mass is 10.1. The molecule has 0 aromatic heterocycles. The first-order valence-corrected chi connectivity index (χ1v) is 11.3. The highest BCUT2D eigenvalue weighted by Gasteiger charge is 2.29. The van der Waals surface area contributed by atoms with Gasteiger partial charge < -0.3 is 0 Å². The third kappa shape index (κ3) is 5.88. The standard InChI is InChI=1S/C23H26N3O2P/c1-18(20-12-6-3-7-13-20)24-29(28,25-19(2)21-14-8-4-9-15-21)26-23(27)22-16-10-5-11-17-22/h3-19H,1-2H3,(H3,24,25,26,27,28). The molecule has 0 aliphatic rings. The smallest absolute Gasteiger partial charge is 0.279 e. The number of hydrogen-bond donors (Lipinski definition) is 3. The van der Waals surface area contributed by atoms with Gasteiger partial charge in [0.25, 0.3) is 5.91 Å². The number of rotatable bonds is 8. The number of carbonyl (C=O) groups excluding carboxylic acids is 1. The van der Waals surface area contributed by atoms with Crippen LogP contribution in [0.4, 0.5) is 0 Å². The van der Waals surface area contributed by atoms with Crippen molar-refractivity contribution in [1.82, 2.24) is 15.3 Å². The monoisotopic (exact) mass is 407 g/mol. The van der Waals surface area contributed by atoms with Gasteiger partial charge in [0.05, 0.1) is 0 Å². The van der Waals surface area contributed by atoms with Crippen LogP contribution in [0.1, 0.15) is 47.4 Å². The van der Waals surface area contributed by atoms with Gasteiger partial charge in [-0.05, 0) is 37.1 Å². The lowest BCUT2D eigenvalue weighted by Crippen LogP contribution is -2.37. The maximum absolute atomic E-state index is 13.8. The van der Waals surface area contributed by atoms with Crippen molar-refractivity contribution in [3.8, 4) is 0 Å². The summed E-state index contributed by atoms with van der Waals surface area (Å²) in [6, 6.07) is 27.8. The normalized spacial score (nSPS) is 15.1. The van der Waals surface area contributed by atoms with Gasteiger partial charge in [0.15, 0.2) is 0 Å². The summed E-state index contributed by atoms with van der Waals surface area (Å²) in [6.07, 6.45) is 0. The van der Waals surface area contributed by atoms with Crippen molar-refractivity contribution in [3.63, 3.8) is 0 Å². The summed E-state index contributed by atoms with van der Waals surface area (Å²) < 4.78 is 13.8. The average Bonchev–Trinajstić information content (AvgIpc) is 2.75. The van der Waals surface area contributed by atoms with Gasteiger partial charge in [0, 0.05) is 17.6 Å². The molecule has 0 fully saturated rings. The van der Waals surface area contributed by atoms with Crippen molar-refractivity contribution in [1.29, 1.82) is 0 Å². The van der Waals surface area contributed by atoms with Gasteiger partial charge in [0.1, 0.15) is 0 Å². The molecule has 29 heavy (non-hydrogen) atoms. The van der Waals surface area contributed by atoms with E-state index in [4.69, 9.17) is 0 Å². The molecule has 3 aromatic rings. The molecule has 150 valence electrons. The van der Waals surface area contributed by atoms with Crippen LogP contribution in [0, 0.1) is 0 Å². The van der Waals surface area contributed by atoms with Crippen molar-refractivity contribution in [2.45, 2.75) is 25.9 Å². The van der Waals surface area contributed by atoms with Crippen LogP contribution < -0.4 is 15.3 Å². The highest BCUT2D eigenvalue weighted by Crippen LogP contribution is 2.38. The fourth-order valence-electron chi connectivity index (χ4n) is 3.08. The van der Waals surface area contributed by atoms with Gasteiger partial charge in [-0.3, -0.25) is 14.4 Å². The number of nitrogens with one attached hydrogen (secondary N) is 3. The summed E-state index contributed by atoms with van der Waals surface area (Å²) in [4.78, 5) is 12.7. The zero-order chi connectivity index (χ0) is 20.7. The summed E-state index contributed by atoms with van der Waals surface area (Å²) in [5, 5.41) is 8.95. The Morgan fingerprint density at radius 2 is 1.07 bits per heavy atom. The molecule has 0 saturated carbocycles. The summed E-state index contributed by atoms with van der Waals surface area (Å²) in [5.41, 5.74) is 2.42. The Hall–Kier alpha value is -2.72. The Bertz CT molecular complexity index is 914. The fourth-order valence-corrected chi connectivity index (χ4v) is 5.08. The first-order valence-electron chi connectivity index (χ1n) is 9.60. The Morgan fingerprint density at radius 3 is 1.48 bits per heavy atom. The molecule has 0 radical (unpaired) electrons. The van der Waals surface area contributed by atoms with Crippen LogP contribution in [-0.4, -0.2) is 5.91 Å². The van der Waals surface area contributed by atoms with Gasteiger partial charge in [-0.2, -0.15) is 0 Å². The van der Waals surface area contributed by atoms with E-state index in [2.05, 4.69) is 15.3 Å². The molecule has 3 rings (SSSR count). The largest absolute Gasteiger partial charge is 0.306 e. The van der Waals surface area contributed by atoms with Gasteiger partial charge in [0.2, 0.25) is 0 Å². The minimum absolute atomic E-state index is 0.228. The van der Waals surface area contributed by atoms with Crippen molar-refractivity contribution in [2.24, 2.45) is 0 Å². The molecule has 0 bridgehead atoms. The molecule has 0 heterocycles. The Kier molecular flexibility index (Phi) is 6.99. The van der Waals surface area contributed by atoms with Crippen LogP contribution in [-0.2, 0) is 4.57 Å². The second-order valence-corrected chi connectivity index (χ2v) is 8.90. The summed E-state index contributed by atoms with van der Waals surface area (Å²) in [5.74, 6) is -0.394. The number of benzene rings is 3. The molecule has 0 spiro atoms. The van der Waals surface area contributed by atoms with Crippen LogP contribution >= 0.6 is 7.59 Å². The van der Waals surface area contributed by atoms with E-state index in [1.165, 1.54) is 0 Å². The van der Waals surface area contributed by atoms with Gasteiger partial charge in [-0.15, -0.1) is 0 Å². The highest BCUT2D eigenvalue weighted by molar-refractivity contribution is 7.58. The van der Waals surface area contributed by atoms with Crippen LogP contribution in [0.5, 0.6) is 0 Å². The van der Waals surface area contributed by atoms with Crippen LogP contribution in [0.25, 0.3) is 0 Å². The van der Waals surface area contributed by atoms with Crippen molar-refractivity contribution in [3.05, 3.63) is 108 Å². The average molecular weight is 407 g/mol. The fraction of sp³-hybridized carbons (Fsp3) is 0.174. The van der Waals surface area contributed by atoms with E-state index in [0.29, 0.717) is 5.56 Å². The summed E-state index contributed by atoms with van der Waals surface area (Å²) in [7, 11) is -3.48. The first kappa shape index (κ1) is 21.0. The molecule has 0 aliphatic carbocycles. The SMILES string of the molecule is CC(NP(=O)(NC(=O)c1ccccc1)NC(C)c1ccccc1)c1ccccc1. The van der Waals surface area contributed by atoms with E-state index in [1.807, 2.05) is 80.6 Å². The first-order chi connectivity index (χ1) is 14.0. The molecule has 5 nitrogen and oxygen atoms in total. The number of carbonyl (C=O) groups is 1. The second-order valence-electron chi connectivity index (χ2n) is 6.94. The quantitative estimate of drug-likeness (QED) is 0.448. The van der Waals surface area contributed by atoms with Crippen LogP contribution in [0.2, 0.25) is 0 Å². The Morgan fingerprint density at radius 1 is 0.690 bits per heavy atom. The summed E-state index contributed by atoms with van der Waals surface area (Å²) >= 11 is 0. The van der Waals surface area contributed by atoms with E-state index in [1.54, 1.807) is 24.3 Å². The van der Waals surface area contributed by atoms with Crippen LogP contribution in [0.3, 0.4) is 0 Å². The van der Waals surface area contributed by atoms with Crippen molar-refractivity contribution < 1.29 is 9.36 Å². The van der Waals surface area contributed by atoms with E-state index in [-0.39, 0.29) is 12.1 Å². The molecule has 2 atom stereocenters. The molecule has 2 unspecified atom stereocenters. The third-order valence-corrected chi connectivity index (χ3v) is 6.66. The maximum atomic E-state index is 13.8. The molecule has 1 amide bonds. The van der Waals surface area contributed by atoms with Crippen molar-refractivity contribution in [2.75, 3.05) is 0 Å². The van der Waals surface area contributed by atoms with Gasteiger partial charge in [-0.1, -0.05) is 78.9 Å². The van der Waals surface area contributed by atoms with Gasteiger partial charge in [-0.25, -0.2) is 10.2 Å². The molecule has 0 aliphatic heterocycles. The number of amides is 1. The van der Waals surface area contributed by atoms with E-state index < -0.39 is 13.5 Å². The minimum atomic E-state index is -3.48. The van der Waals surface area contributed by atoms with E-state index in [0.717, 1.165) is 11.1 Å². The zero-order valence-electron chi connectivity index (χ0n) is 16.6. The maximum Gasteiger partial charge on any atom is 0.306 e. The van der Waals surface area contributed by atoms with E-state index in [9.17, 15) is 9.36 Å². The molecule has 6 heteroatoms. The third-order valence-electron chi connectivity index (χ3n) is 4.65. The van der Waals surface area contributed by atoms with E-state index >= 15 is 0 Å². The lowest BCUT2D eigenvalue weighted by Gasteiger charge is -2.28. The predicted octanol–water partition coefficient (Wildman–Crippen LogP) is 5.23. The van der Waals surface area contributed by atoms with Crippen LogP contribution in [0.15, 0.2) is 91.0 Å². The molecular weight excluding hydrogens is 381 g/mol. The molecule has 3 N–H and O–H groups in total. The minimum Gasteiger partial charge on any atom is -0.279 e. The molecule has 0 saturated heterocycles. The topological polar surface area (TPSA) is 70.2 Å². The molecular formula is C23H26N3O2P. The number of hydrogen-bond acceptors (Lipinski definition) is 2. The predicted molar refractivity (Wildman–Crippen MR) is 118 cm³/mol. The molecule has 3 aromatic carbocycles. The Labute approximate surface area is 172 Å².